The fourth-order valence-corrected chi connectivity index (χ4v) is 4.62. The van der Waals surface area contributed by atoms with Gasteiger partial charge in [-0.15, -0.1) is 0 Å². The van der Waals surface area contributed by atoms with E-state index in [1.165, 1.54) is 13.1 Å². The standard InChI is InChI=1S/C24H26N2O2/c1-15(2)26-12-21-22(13-26)23(21)14-28-19-7-5-16(6-8-19)18-4-3-17-9-10-25-24(27)20(17)11-18/h3-11,15,21-23H,12-14H2,1-2H3,(H,25,27). The molecular weight excluding hydrogens is 348 g/mol. The average molecular weight is 374 g/mol. The van der Waals surface area contributed by atoms with Crippen molar-refractivity contribution < 1.29 is 9.84 Å². The molecule has 2 heterocycles. The van der Waals surface area contributed by atoms with E-state index in [2.05, 4.69) is 41.9 Å². The Balaban J connectivity index is 1.23. The zero-order valence-electron chi connectivity index (χ0n) is 16.4. The smallest absolute Gasteiger partial charge is 0.218 e. The van der Waals surface area contributed by atoms with Crippen LogP contribution in [0.3, 0.4) is 0 Å². The summed E-state index contributed by atoms with van der Waals surface area (Å²) in [6.45, 7) is 7.87. The number of benzene rings is 2. The monoisotopic (exact) mass is 374 g/mol. The second-order valence-electron chi connectivity index (χ2n) is 8.45. The summed E-state index contributed by atoms with van der Waals surface area (Å²) in [6.07, 6.45) is 1.62. The Morgan fingerprint density at radius 3 is 2.46 bits per heavy atom. The number of aromatic nitrogens is 1. The lowest BCUT2D eigenvalue weighted by Crippen LogP contribution is -2.31. The van der Waals surface area contributed by atoms with Crippen molar-refractivity contribution in [2.24, 2.45) is 17.8 Å². The molecule has 1 N–H and O–H groups in total. The first-order valence-electron chi connectivity index (χ1n) is 10.1. The van der Waals surface area contributed by atoms with Gasteiger partial charge in [0, 0.05) is 36.6 Å². The van der Waals surface area contributed by atoms with E-state index in [-0.39, 0.29) is 5.88 Å². The molecule has 1 saturated heterocycles. The highest BCUT2D eigenvalue weighted by Gasteiger charge is 2.56. The Bertz CT molecular complexity index is 987. The molecule has 144 valence electrons. The number of fused-ring (bicyclic) bond motifs is 2. The molecule has 2 aliphatic rings. The van der Waals surface area contributed by atoms with Gasteiger partial charge in [-0.1, -0.05) is 24.3 Å². The van der Waals surface area contributed by atoms with Crippen molar-refractivity contribution in [1.82, 2.24) is 9.88 Å². The van der Waals surface area contributed by atoms with Gasteiger partial charge < -0.3 is 14.7 Å². The highest BCUT2D eigenvalue weighted by atomic mass is 16.5. The van der Waals surface area contributed by atoms with Crippen molar-refractivity contribution >= 4 is 10.8 Å². The number of likely N-dealkylation sites (tertiary alicyclic amines) is 1. The van der Waals surface area contributed by atoms with Crippen molar-refractivity contribution in [1.29, 1.82) is 0 Å². The molecule has 0 amide bonds. The van der Waals surface area contributed by atoms with E-state index in [4.69, 9.17) is 4.74 Å². The van der Waals surface area contributed by atoms with Crippen molar-refractivity contribution in [3.8, 4) is 22.8 Å². The first-order valence-corrected chi connectivity index (χ1v) is 10.1. The van der Waals surface area contributed by atoms with Crippen LogP contribution in [0, 0.1) is 17.8 Å². The van der Waals surface area contributed by atoms with E-state index < -0.39 is 0 Å². The Morgan fingerprint density at radius 1 is 1.04 bits per heavy atom. The van der Waals surface area contributed by atoms with Crippen LogP contribution in [-0.4, -0.2) is 40.7 Å². The lowest BCUT2D eigenvalue weighted by molar-refractivity contribution is 0.206. The van der Waals surface area contributed by atoms with Crippen LogP contribution in [0.2, 0.25) is 0 Å². The number of pyridine rings is 1. The Kier molecular flexibility index (Phi) is 4.24. The van der Waals surface area contributed by atoms with E-state index in [1.807, 2.05) is 30.3 Å². The van der Waals surface area contributed by atoms with Crippen molar-refractivity contribution in [3.63, 3.8) is 0 Å². The molecule has 0 bridgehead atoms. The molecule has 1 aliphatic heterocycles. The van der Waals surface area contributed by atoms with Gasteiger partial charge in [-0.05, 0) is 66.5 Å². The minimum Gasteiger partial charge on any atom is -0.493 e. The zero-order chi connectivity index (χ0) is 19.3. The molecule has 2 fully saturated rings. The number of rotatable bonds is 5. The van der Waals surface area contributed by atoms with Gasteiger partial charge in [0.2, 0.25) is 5.88 Å². The molecule has 1 aromatic heterocycles. The fourth-order valence-electron chi connectivity index (χ4n) is 4.62. The number of nitrogens with zero attached hydrogens (tertiary/aromatic N) is 2. The van der Waals surface area contributed by atoms with Crippen LogP contribution < -0.4 is 4.74 Å². The third-order valence-electron chi connectivity index (χ3n) is 6.51. The molecule has 4 nitrogen and oxygen atoms in total. The van der Waals surface area contributed by atoms with E-state index in [9.17, 15) is 5.11 Å². The summed E-state index contributed by atoms with van der Waals surface area (Å²) in [7, 11) is 0. The average Bonchev–Trinajstić information content (AvgIpc) is 3.15. The van der Waals surface area contributed by atoms with Crippen LogP contribution in [0.15, 0.2) is 54.7 Å². The van der Waals surface area contributed by atoms with Gasteiger partial charge in [0.1, 0.15) is 5.75 Å². The summed E-state index contributed by atoms with van der Waals surface area (Å²) >= 11 is 0. The molecule has 1 saturated carbocycles. The molecule has 28 heavy (non-hydrogen) atoms. The third kappa shape index (κ3) is 3.12. The van der Waals surface area contributed by atoms with E-state index in [0.717, 1.165) is 52.0 Å². The maximum Gasteiger partial charge on any atom is 0.218 e. The van der Waals surface area contributed by atoms with Gasteiger partial charge >= 0.3 is 0 Å². The second-order valence-corrected chi connectivity index (χ2v) is 8.45. The van der Waals surface area contributed by atoms with Crippen molar-refractivity contribution in [2.75, 3.05) is 19.7 Å². The lowest BCUT2D eigenvalue weighted by Gasteiger charge is -2.23. The largest absolute Gasteiger partial charge is 0.493 e. The van der Waals surface area contributed by atoms with Crippen molar-refractivity contribution in [3.05, 3.63) is 54.7 Å². The molecule has 4 heteroatoms. The molecule has 2 aromatic carbocycles. The van der Waals surface area contributed by atoms with Gasteiger partial charge in [0.15, 0.2) is 0 Å². The minimum atomic E-state index is 0.0744. The van der Waals surface area contributed by atoms with Crippen LogP contribution in [0.4, 0.5) is 0 Å². The Hall–Kier alpha value is -2.59. The van der Waals surface area contributed by atoms with E-state index in [1.54, 1.807) is 6.20 Å². The maximum atomic E-state index is 9.99. The van der Waals surface area contributed by atoms with Gasteiger partial charge in [-0.25, -0.2) is 4.98 Å². The predicted molar refractivity (Wildman–Crippen MR) is 112 cm³/mol. The summed E-state index contributed by atoms with van der Waals surface area (Å²) in [4.78, 5) is 6.55. The SMILES string of the molecule is CC(C)N1CC2C(COc3ccc(-c4ccc5ccnc(O)c5c4)cc3)C2C1. The predicted octanol–water partition coefficient (Wildman–Crippen LogP) is 4.57. The van der Waals surface area contributed by atoms with Crippen LogP contribution in [0.1, 0.15) is 13.8 Å². The summed E-state index contributed by atoms with van der Waals surface area (Å²) < 4.78 is 6.07. The molecular formula is C24H26N2O2. The fraction of sp³-hybridized carbons (Fsp3) is 0.375. The number of ether oxygens (including phenoxy) is 1. The molecule has 2 unspecified atom stereocenters. The molecule has 0 spiro atoms. The van der Waals surface area contributed by atoms with Crippen molar-refractivity contribution in [2.45, 2.75) is 19.9 Å². The highest BCUT2D eigenvalue weighted by Crippen LogP contribution is 2.52. The number of aromatic hydroxyl groups is 1. The zero-order valence-corrected chi connectivity index (χ0v) is 16.4. The summed E-state index contributed by atoms with van der Waals surface area (Å²) in [5, 5.41) is 11.8. The number of hydrogen-bond donors (Lipinski definition) is 1. The molecule has 1 aliphatic carbocycles. The van der Waals surface area contributed by atoms with E-state index in [0.29, 0.717) is 6.04 Å². The lowest BCUT2D eigenvalue weighted by atomic mass is 10.0. The molecule has 5 rings (SSSR count). The van der Waals surface area contributed by atoms with Gasteiger partial charge in [0.05, 0.1) is 6.61 Å². The number of piperidine rings is 1. The first kappa shape index (κ1) is 17.5. The van der Waals surface area contributed by atoms with Crippen LogP contribution in [0.5, 0.6) is 11.6 Å². The van der Waals surface area contributed by atoms with Gasteiger partial charge in [-0.3, -0.25) is 0 Å². The topological polar surface area (TPSA) is 45.6 Å². The first-order chi connectivity index (χ1) is 13.6. The minimum absolute atomic E-state index is 0.0744. The third-order valence-corrected chi connectivity index (χ3v) is 6.51. The maximum absolute atomic E-state index is 9.99. The Labute approximate surface area is 165 Å². The Morgan fingerprint density at radius 2 is 1.75 bits per heavy atom. The second kappa shape index (κ2) is 6.78. The van der Waals surface area contributed by atoms with Gasteiger partial charge in [-0.2, -0.15) is 0 Å². The molecule has 2 atom stereocenters. The quantitative estimate of drug-likeness (QED) is 0.710. The summed E-state index contributed by atoms with van der Waals surface area (Å²) in [5.41, 5.74) is 2.17. The normalized spacial score (nSPS) is 23.9. The highest BCUT2D eigenvalue weighted by molar-refractivity contribution is 5.90. The molecule has 3 aromatic rings. The van der Waals surface area contributed by atoms with E-state index >= 15 is 0 Å². The van der Waals surface area contributed by atoms with Gasteiger partial charge in [0.25, 0.3) is 0 Å². The van der Waals surface area contributed by atoms with Crippen LogP contribution >= 0.6 is 0 Å². The van der Waals surface area contributed by atoms with Crippen LogP contribution in [-0.2, 0) is 0 Å². The molecule has 0 radical (unpaired) electrons. The number of hydrogen-bond acceptors (Lipinski definition) is 4. The van der Waals surface area contributed by atoms with Crippen LogP contribution in [0.25, 0.3) is 21.9 Å². The summed E-state index contributed by atoms with van der Waals surface area (Å²) in [5.74, 6) is 3.40. The summed E-state index contributed by atoms with van der Waals surface area (Å²) in [6, 6.07) is 16.9.